The molecule has 0 aromatic heterocycles. The maximum absolute atomic E-state index is 11.5. The van der Waals surface area contributed by atoms with Crippen molar-refractivity contribution in [2.45, 2.75) is 19.9 Å². The number of benzene rings is 1. The molecule has 9 heteroatoms. The predicted molar refractivity (Wildman–Crippen MR) is 76.8 cm³/mol. The van der Waals surface area contributed by atoms with Gasteiger partial charge >= 0.3 is 5.97 Å². The van der Waals surface area contributed by atoms with Crippen LogP contribution >= 0.6 is 11.6 Å². The molecule has 1 aromatic rings. The van der Waals surface area contributed by atoms with Crippen LogP contribution in [0.2, 0.25) is 5.02 Å². The number of carboxylic acids is 1. The van der Waals surface area contributed by atoms with Crippen molar-refractivity contribution >= 4 is 34.9 Å². The van der Waals surface area contributed by atoms with Crippen molar-refractivity contribution in [1.82, 2.24) is 5.32 Å². The van der Waals surface area contributed by atoms with Crippen LogP contribution < -0.4 is 10.6 Å². The lowest BCUT2D eigenvalue weighted by Crippen LogP contribution is -2.35. The number of nitrogens with one attached hydrogen (secondary N) is 2. The van der Waals surface area contributed by atoms with Crippen molar-refractivity contribution in [3.8, 4) is 0 Å². The van der Waals surface area contributed by atoms with E-state index in [1.54, 1.807) is 13.8 Å². The van der Waals surface area contributed by atoms with E-state index < -0.39 is 16.6 Å². The van der Waals surface area contributed by atoms with Gasteiger partial charge in [0.1, 0.15) is 0 Å². The maximum Gasteiger partial charge on any atom is 0.338 e. The summed E-state index contributed by atoms with van der Waals surface area (Å²) in [5.41, 5.74) is -0.838. The molecule has 0 aliphatic heterocycles. The summed E-state index contributed by atoms with van der Waals surface area (Å²) in [5, 5.41) is 24.8. The van der Waals surface area contributed by atoms with E-state index in [0.29, 0.717) is 0 Å². The highest BCUT2D eigenvalue weighted by Crippen LogP contribution is 2.31. The Labute approximate surface area is 125 Å². The minimum atomic E-state index is -1.38. The SMILES string of the molecule is CC(C)NC(=O)CNc1c(Cl)cc([N+](=O)[O-])cc1C(=O)O. The largest absolute Gasteiger partial charge is 0.478 e. The van der Waals surface area contributed by atoms with E-state index in [1.165, 1.54) is 0 Å². The van der Waals surface area contributed by atoms with Crippen molar-refractivity contribution < 1.29 is 19.6 Å². The molecule has 0 aliphatic carbocycles. The molecule has 0 saturated heterocycles. The molecule has 0 bridgehead atoms. The Balaban J connectivity index is 3.03. The number of aromatic carboxylic acids is 1. The highest BCUT2D eigenvalue weighted by atomic mass is 35.5. The van der Waals surface area contributed by atoms with Gasteiger partial charge in [-0.3, -0.25) is 14.9 Å². The van der Waals surface area contributed by atoms with E-state index in [1.807, 2.05) is 0 Å². The van der Waals surface area contributed by atoms with Crippen LogP contribution in [-0.2, 0) is 4.79 Å². The number of nitrogens with zero attached hydrogens (tertiary/aromatic N) is 1. The summed E-state index contributed by atoms with van der Waals surface area (Å²) < 4.78 is 0. The molecule has 0 unspecified atom stereocenters. The average molecular weight is 316 g/mol. The molecule has 1 aromatic carbocycles. The molecule has 0 saturated carbocycles. The van der Waals surface area contributed by atoms with Crippen LogP contribution in [0, 0.1) is 10.1 Å². The first kappa shape index (κ1) is 16.7. The Morgan fingerprint density at radius 3 is 2.52 bits per heavy atom. The average Bonchev–Trinajstić information content (AvgIpc) is 2.35. The van der Waals surface area contributed by atoms with Crippen LogP contribution in [0.1, 0.15) is 24.2 Å². The summed E-state index contributed by atoms with van der Waals surface area (Å²) in [4.78, 5) is 32.6. The van der Waals surface area contributed by atoms with Gasteiger partial charge in [-0.2, -0.15) is 0 Å². The molecule has 1 amide bonds. The van der Waals surface area contributed by atoms with Crippen molar-refractivity contribution in [3.05, 3.63) is 32.8 Å². The number of carboxylic acid groups (broad SMARTS) is 1. The van der Waals surface area contributed by atoms with Gasteiger partial charge in [0.2, 0.25) is 5.91 Å². The molecule has 21 heavy (non-hydrogen) atoms. The highest BCUT2D eigenvalue weighted by molar-refractivity contribution is 6.34. The molecular formula is C12H14ClN3O5. The van der Waals surface area contributed by atoms with Gasteiger partial charge in [-0.05, 0) is 13.8 Å². The number of amides is 1. The summed E-state index contributed by atoms with van der Waals surface area (Å²) in [6.07, 6.45) is 0. The quantitative estimate of drug-likeness (QED) is 0.544. The van der Waals surface area contributed by atoms with Gasteiger partial charge in [-0.15, -0.1) is 0 Å². The van der Waals surface area contributed by atoms with Gasteiger partial charge in [0.05, 0.1) is 27.7 Å². The molecule has 0 radical (unpaired) electrons. The summed E-state index contributed by atoms with van der Waals surface area (Å²) in [6.45, 7) is 3.36. The molecule has 1 rings (SSSR count). The third kappa shape index (κ3) is 4.60. The lowest BCUT2D eigenvalue weighted by molar-refractivity contribution is -0.384. The van der Waals surface area contributed by atoms with E-state index in [9.17, 15) is 19.7 Å². The fourth-order valence-electron chi connectivity index (χ4n) is 1.59. The van der Waals surface area contributed by atoms with Crippen LogP contribution in [-0.4, -0.2) is 34.5 Å². The second-order valence-electron chi connectivity index (χ2n) is 4.49. The maximum atomic E-state index is 11.5. The fourth-order valence-corrected chi connectivity index (χ4v) is 1.87. The zero-order chi connectivity index (χ0) is 16.2. The molecular weight excluding hydrogens is 302 g/mol. The number of hydrogen-bond acceptors (Lipinski definition) is 5. The van der Waals surface area contributed by atoms with Crippen LogP contribution in [0.5, 0.6) is 0 Å². The smallest absolute Gasteiger partial charge is 0.338 e. The predicted octanol–water partition coefficient (Wildman–Crippen LogP) is 1.88. The Kier molecular flexibility index (Phi) is 5.48. The van der Waals surface area contributed by atoms with Crippen LogP contribution in [0.3, 0.4) is 0 Å². The number of anilines is 1. The zero-order valence-electron chi connectivity index (χ0n) is 11.3. The highest BCUT2D eigenvalue weighted by Gasteiger charge is 2.20. The minimum absolute atomic E-state index is 0.0336. The van der Waals surface area contributed by atoms with Gasteiger partial charge in [0, 0.05) is 18.2 Å². The van der Waals surface area contributed by atoms with E-state index in [-0.39, 0.29) is 34.8 Å². The van der Waals surface area contributed by atoms with Gasteiger partial charge in [-0.25, -0.2) is 4.79 Å². The van der Waals surface area contributed by atoms with Crippen LogP contribution in [0.15, 0.2) is 12.1 Å². The van der Waals surface area contributed by atoms with Gasteiger partial charge in [0.25, 0.3) is 5.69 Å². The molecule has 0 fully saturated rings. The lowest BCUT2D eigenvalue weighted by atomic mass is 10.1. The van der Waals surface area contributed by atoms with E-state index in [4.69, 9.17) is 16.7 Å². The van der Waals surface area contributed by atoms with E-state index in [2.05, 4.69) is 10.6 Å². The molecule has 8 nitrogen and oxygen atoms in total. The molecule has 3 N–H and O–H groups in total. The van der Waals surface area contributed by atoms with Crippen LogP contribution in [0.4, 0.5) is 11.4 Å². The first-order chi connectivity index (χ1) is 9.72. The van der Waals surface area contributed by atoms with Crippen molar-refractivity contribution in [3.63, 3.8) is 0 Å². The summed E-state index contributed by atoms with van der Waals surface area (Å²) in [6, 6.07) is 1.85. The Bertz CT molecular complexity index is 589. The lowest BCUT2D eigenvalue weighted by Gasteiger charge is -2.13. The van der Waals surface area contributed by atoms with Gasteiger partial charge in [0.15, 0.2) is 0 Å². The monoisotopic (exact) mass is 315 g/mol. The number of carbonyl (C=O) groups is 2. The number of hydrogen-bond donors (Lipinski definition) is 3. The van der Waals surface area contributed by atoms with Gasteiger partial charge < -0.3 is 15.7 Å². The first-order valence-electron chi connectivity index (χ1n) is 5.96. The topological polar surface area (TPSA) is 122 Å². The van der Waals surface area contributed by atoms with Crippen LogP contribution in [0.25, 0.3) is 0 Å². The zero-order valence-corrected chi connectivity index (χ0v) is 12.1. The Hall–Kier alpha value is -2.35. The number of halogens is 1. The molecule has 0 atom stereocenters. The minimum Gasteiger partial charge on any atom is -0.478 e. The molecule has 0 spiro atoms. The number of non-ortho nitro benzene ring substituents is 1. The summed E-state index contributed by atoms with van der Waals surface area (Å²) >= 11 is 5.85. The first-order valence-corrected chi connectivity index (χ1v) is 6.34. The second kappa shape index (κ2) is 6.89. The normalized spacial score (nSPS) is 10.3. The van der Waals surface area contributed by atoms with Crippen molar-refractivity contribution in [2.24, 2.45) is 0 Å². The van der Waals surface area contributed by atoms with E-state index >= 15 is 0 Å². The summed E-state index contributed by atoms with van der Waals surface area (Å²) in [5.74, 6) is -1.73. The molecule has 0 aliphatic rings. The van der Waals surface area contributed by atoms with E-state index in [0.717, 1.165) is 12.1 Å². The van der Waals surface area contributed by atoms with Crippen molar-refractivity contribution in [1.29, 1.82) is 0 Å². The standard InChI is InChI=1S/C12H14ClN3O5/c1-6(2)15-10(17)5-14-11-8(12(18)19)3-7(16(20)21)4-9(11)13/h3-4,6,14H,5H2,1-2H3,(H,15,17)(H,18,19). The number of carbonyl (C=O) groups excluding carboxylic acids is 1. The molecule has 114 valence electrons. The Morgan fingerprint density at radius 1 is 1.43 bits per heavy atom. The summed E-state index contributed by atoms with van der Waals surface area (Å²) in [7, 11) is 0. The second-order valence-corrected chi connectivity index (χ2v) is 4.90. The number of nitro benzene ring substituents is 1. The fraction of sp³-hybridized carbons (Fsp3) is 0.333. The third-order valence-corrected chi connectivity index (χ3v) is 2.69. The molecule has 0 heterocycles. The number of rotatable bonds is 6. The Morgan fingerprint density at radius 2 is 2.05 bits per heavy atom. The van der Waals surface area contributed by atoms with Crippen molar-refractivity contribution in [2.75, 3.05) is 11.9 Å². The van der Waals surface area contributed by atoms with Gasteiger partial charge in [-0.1, -0.05) is 11.6 Å². The number of nitro groups is 1. The third-order valence-electron chi connectivity index (χ3n) is 2.39.